The van der Waals surface area contributed by atoms with E-state index in [2.05, 4.69) is 19.1 Å². The van der Waals surface area contributed by atoms with Crippen molar-refractivity contribution in [1.29, 1.82) is 5.26 Å². The highest BCUT2D eigenvalue weighted by Gasteiger charge is 2.04. The summed E-state index contributed by atoms with van der Waals surface area (Å²) >= 11 is 0. The molecule has 2 aromatic rings. The van der Waals surface area contributed by atoms with E-state index in [-0.39, 0.29) is 0 Å². The molecule has 0 amide bonds. The van der Waals surface area contributed by atoms with E-state index in [0.717, 1.165) is 22.6 Å². The quantitative estimate of drug-likeness (QED) is 0.781. The van der Waals surface area contributed by atoms with Crippen LogP contribution in [0.3, 0.4) is 0 Å². The Bertz CT molecular complexity index is 623. The van der Waals surface area contributed by atoms with Crippen molar-refractivity contribution in [2.45, 2.75) is 20.8 Å². The van der Waals surface area contributed by atoms with E-state index in [9.17, 15) is 0 Å². The van der Waals surface area contributed by atoms with Crippen molar-refractivity contribution in [3.05, 3.63) is 58.7 Å². The molecule has 2 nitrogen and oxygen atoms in total. The van der Waals surface area contributed by atoms with Crippen LogP contribution in [0, 0.1) is 32.1 Å². The monoisotopic (exact) mass is 237 g/mol. The number of nitriles is 1. The molecular formula is C16H15NO. The van der Waals surface area contributed by atoms with Gasteiger partial charge in [0.1, 0.15) is 11.5 Å². The van der Waals surface area contributed by atoms with Crippen LogP contribution in [0.1, 0.15) is 22.3 Å². The molecule has 0 aliphatic rings. The van der Waals surface area contributed by atoms with Gasteiger partial charge in [-0.3, -0.25) is 0 Å². The third-order valence-corrected chi connectivity index (χ3v) is 2.88. The largest absolute Gasteiger partial charge is 0.457 e. The van der Waals surface area contributed by atoms with Crippen molar-refractivity contribution in [2.75, 3.05) is 0 Å². The van der Waals surface area contributed by atoms with Crippen LogP contribution >= 0.6 is 0 Å². The molecular weight excluding hydrogens is 222 g/mol. The Kier molecular flexibility index (Phi) is 3.34. The van der Waals surface area contributed by atoms with Crippen molar-refractivity contribution in [3.63, 3.8) is 0 Å². The SMILES string of the molecule is Cc1ccc(Oc2ccc(C#N)c(C)c2)c(C)c1. The summed E-state index contributed by atoms with van der Waals surface area (Å²) in [6.07, 6.45) is 0. The van der Waals surface area contributed by atoms with Crippen molar-refractivity contribution in [2.24, 2.45) is 0 Å². The lowest BCUT2D eigenvalue weighted by Gasteiger charge is -2.10. The van der Waals surface area contributed by atoms with E-state index in [1.807, 2.05) is 38.1 Å². The zero-order valence-corrected chi connectivity index (χ0v) is 10.8. The van der Waals surface area contributed by atoms with E-state index < -0.39 is 0 Å². The Morgan fingerprint density at radius 3 is 2.33 bits per heavy atom. The van der Waals surface area contributed by atoms with Crippen LogP contribution in [0.25, 0.3) is 0 Å². The van der Waals surface area contributed by atoms with Gasteiger partial charge in [-0.05, 0) is 56.2 Å². The molecule has 0 saturated carbocycles. The maximum atomic E-state index is 8.88. The number of ether oxygens (including phenoxy) is 1. The second-order valence-electron chi connectivity index (χ2n) is 4.46. The fourth-order valence-electron chi connectivity index (χ4n) is 1.87. The van der Waals surface area contributed by atoms with Crippen molar-refractivity contribution >= 4 is 0 Å². The van der Waals surface area contributed by atoms with E-state index in [1.54, 1.807) is 6.07 Å². The maximum absolute atomic E-state index is 8.88. The number of rotatable bonds is 2. The van der Waals surface area contributed by atoms with Gasteiger partial charge in [0, 0.05) is 0 Å². The number of nitrogens with zero attached hydrogens (tertiary/aromatic N) is 1. The van der Waals surface area contributed by atoms with Crippen LogP contribution in [-0.4, -0.2) is 0 Å². The van der Waals surface area contributed by atoms with Crippen LogP contribution in [0.2, 0.25) is 0 Å². The van der Waals surface area contributed by atoms with Crippen molar-refractivity contribution in [1.82, 2.24) is 0 Å². The molecule has 0 heterocycles. The van der Waals surface area contributed by atoms with Gasteiger partial charge in [-0.1, -0.05) is 17.7 Å². The van der Waals surface area contributed by atoms with Gasteiger partial charge in [0.2, 0.25) is 0 Å². The summed E-state index contributed by atoms with van der Waals surface area (Å²) in [4.78, 5) is 0. The van der Waals surface area contributed by atoms with Gasteiger partial charge in [-0.25, -0.2) is 0 Å². The first-order valence-corrected chi connectivity index (χ1v) is 5.86. The predicted molar refractivity (Wildman–Crippen MR) is 71.9 cm³/mol. The Balaban J connectivity index is 2.29. The highest BCUT2D eigenvalue weighted by Crippen LogP contribution is 2.27. The van der Waals surface area contributed by atoms with Gasteiger partial charge in [-0.2, -0.15) is 5.26 Å². The highest BCUT2D eigenvalue weighted by atomic mass is 16.5. The summed E-state index contributed by atoms with van der Waals surface area (Å²) in [5.41, 5.74) is 3.94. The summed E-state index contributed by atoms with van der Waals surface area (Å²) in [5, 5.41) is 8.88. The molecule has 2 aromatic carbocycles. The molecule has 0 bridgehead atoms. The fourth-order valence-corrected chi connectivity index (χ4v) is 1.87. The summed E-state index contributed by atoms with van der Waals surface area (Å²) < 4.78 is 5.84. The second-order valence-corrected chi connectivity index (χ2v) is 4.46. The van der Waals surface area contributed by atoms with Crippen LogP contribution in [0.4, 0.5) is 0 Å². The summed E-state index contributed by atoms with van der Waals surface area (Å²) in [7, 11) is 0. The third kappa shape index (κ3) is 2.52. The van der Waals surface area contributed by atoms with Crippen LogP contribution < -0.4 is 4.74 Å². The number of hydrogen-bond donors (Lipinski definition) is 0. The molecule has 0 spiro atoms. The Labute approximate surface area is 107 Å². The lowest BCUT2D eigenvalue weighted by atomic mass is 10.1. The second kappa shape index (κ2) is 4.93. The first kappa shape index (κ1) is 12.2. The van der Waals surface area contributed by atoms with Crippen molar-refractivity contribution in [3.8, 4) is 17.6 Å². The lowest BCUT2D eigenvalue weighted by molar-refractivity contribution is 0.478. The van der Waals surface area contributed by atoms with Gasteiger partial charge in [0.05, 0.1) is 11.6 Å². The van der Waals surface area contributed by atoms with Gasteiger partial charge in [0.25, 0.3) is 0 Å². The number of benzene rings is 2. The van der Waals surface area contributed by atoms with Gasteiger partial charge < -0.3 is 4.74 Å². The van der Waals surface area contributed by atoms with E-state index >= 15 is 0 Å². The van der Waals surface area contributed by atoms with E-state index in [0.29, 0.717) is 5.56 Å². The highest BCUT2D eigenvalue weighted by molar-refractivity contribution is 5.44. The van der Waals surface area contributed by atoms with Crippen LogP contribution in [0.5, 0.6) is 11.5 Å². The first-order valence-electron chi connectivity index (χ1n) is 5.86. The van der Waals surface area contributed by atoms with Gasteiger partial charge in [-0.15, -0.1) is 0 Å². The van der Waals surface area contributed by atoms with Gasteiger partial charge in [0.15, 0.2) is 0 Å². The molecule has 18 heavy (non-hydrogen) atoms. The molecule has 2 heteroatoms. The standard InChI is InChI=1S/C16H15NO/c1-11-4-7-16(13(3)8-11)18-15-6-5-14(10-17)12(2)9-15/h4-9H,1-3H3. The smallest absolute Gasteiger partial charge is 0.130 e. The molecule has 0 radical (unpaired) electrons. The van der Waals surface area contributed by atoms with E-state index in [1.165, 1.54) is 5.56 Å². The zero-order valence-electron chi connectivity index (χ0n) is 10.8. The topological polar surface area (TPSA) is 33.0 Å². The molecule has 0 fully saturated rings. The predicted octanol–water partition coefficient (Wildman–Crippen LogP) is 4.28. The Morgan fingerprint density at radius 1 is 0.944 bits per heavy atom. The average Bonchev–Trinajstić information content (AvgIpc) is 2.33. The first-order chi connectivity index (χ1) is 8.60. The molecule has 0 aromatic heterocycles. The van der Waals surface area contributed by atoms with Crippen LogP contribution in [0.15, 0.2) is 36.4 Å². The molecule has 0 aliphatic heterocycles. The molecule has 2 rings (SSSR count). The molecule has 0 aliphatic carbocycles. The molecule has 0 atom stereocenters. The Morgan fingerprint density at radius 2 is 1.72 bits per heavy atom. The van der Waals surface area contributed by atoms with Crippen molar-refractivity contribution < 1.29 is 4.74 Å². The molecule has 90 valence electrons. The summed E-state index contributed by atoms with van der Waals surface area (Å²) in [5.74, 6) is 1.61. The summed E-state index contributed by atoms with van der Waals surface area (Å²) in [6, 6.07) is 13.7. The molecule has 0 N–H and O–H groups in total. The minimum absolute atomic E-state index is 0.683. The van der Waals surface area contributed by atoms with Gasteiger partial charge >= 0.3 is 0 Å². The Hall–Kier alpha value is -2.27. The number of hydrogen-bond acceptors (Lipinski definition) is 2. The maximum Gasteiger partial charge on any atom is 0.130 e. The molecule has 0 saturated heterocycles. The van der Waals surface area contributed by atoms with Crippen LogP contribution in [-0.2, 0) is 0 Å². The number of aryl methyl sites for hydroxylation is 3. The molecule has 0 unspecified atom stereocenters. The fraction of sp³-hybridized carbons (Fsp3) is 0.188. The zero-order chi connectivity index (χ0) is 13.1. The summed E-state index contributed by atoms with van der Waals surface area (Å²) in [6.45, 7) is 5.99. The minimum Gasteiger partial charge on any atom is -0.457 e. The van der Waals surface area contributed by atoms with E-state index in [4.69, 9.17) is 10.00 Å². The lowest BCUT2D eigenvalue weighted by Crippen LogP contribution is -1.90. The minimum atomic E-state index is 0.683. The third-order valence-electron chi connectivity index (χ3n) is 2.88. The normalized spacial score (nSPS) is 9.89. The average molecular weight is 237 g/mol.